The Morgan fingerprint density at radius 1 is 1.10 bits per heavy atom. The molecule has 2 N–H and O–H groups in total. The summed E-state index contributed by atoms with van der Waals surface area (Å²) >= 11 is 0. The molecular formula is C14H20N2O5. The van der Waals surface area contributed by atoms with Crippen LogP contribution in [0, 0.1) is 0 Å². The van der Waals surface area contributed by atoms with Gasteiger partial charge in [0.15, 0.2) is 11.5 Å². The second-order valence-corrected chi connectivity index (χ2v) is 4.03. The summed E-state index contributed by atoms with van der Waals surface area (Å²) in [6.07, 6.45) is 0. The zero-order chi connectivity index (χ0) is 15.7. The molecular weight excluding hydrogens is 276 g/mol. The Hall–Kier alpha value is -2.44. The Bertz CT molecular complexity index is 490. The maximum atomic E-state index is 11.5. The maximum Gasteiger partial charge on any atom is 0.325 e. The van der Waals surface area contributed by atoms with Crippen LogP contribution in [0.15, 0.2) is 18.2 Å². The fraction of sp³-hybridized carbons (Fsp3) is 0.429. The highest BCUT2D eigenvalue weighted by Crippen LogP contribution is 2.27. The number of carbonyl (C=O) groups excluding carboxylic acids is 2. The van der Waals surface area contributed by atoms with Crippen LogP contribution in [0.3, 0.4) is 0 Å². The lowest BCUT2D eigenvalue weighted by molar-refractivity contribution is -0.141. The number of carbonyl (C=O) groups is 2. The molecule has 1 rings (SSSR count). The lowest BCUT2D eigenvalue weighted by Crippen LogP contribution is -2.38. The number of nitrogens with one attached hydrogen (secondary N) is 2. The average molecular weight is 296 g/mol. The van der Waals surface area contributed by atoms with Crippen molar-refractivity contribution in [1.29, 1.82) is 0 Å². The first-order chi connectivity index (χ1) is 10.1. The molecule has 0 heterocycles. The molecule has 0 saturated heterocycles. The smallest absolute Gasteiger partial charge is 0.325 e. The zero-order valence-corrected chi connectivity index (χ0v) is 12.4. The number of esters is 1. The summed E-state index contributed by atoms with van der Waals surface area (Å²) in [5.74, 6) is 0.732. The van der Waals surface area contributed by atoms with Gasteiger partial charge in [-0.05, 0) is 24.6 Å². The van der Waals surface area contributed by atoms with E-state index in [0.717, 1.165) is 5.56 Å². The predicted molar refractivity (Wildman–Crippen MR) is 76.4 cm³/mol. The van der Waals surface area contributed by atoms with Crippen molar-refractivity contribution in [3.63, 3.8) is 0 Å². The number of hydrogen-bond acceptors (Lipinski definition) is 5. The molecule has 2 amide bonds. The van der Waals surface area contributed by atoms with Gasteiger partial charge >= 0.3 is 12.0 Å². The monoisotopic (exact) mass is 296 g/mol. The van der Waals surface area contributed by atoms with Crippen molar-refractivity contribution < 1.29 is 23.8 Å². The van der Waals surface area contributed by atoms with Crippen molar-refractivity contribution >= 4 is 12.0 Å². The van der Waals surface area contributed by atoms with Gasteiger partial charge in [0.1, 0.15) is 6.54 Å². The summed E-state index contributed by atoms with van der Waals surface area (Å²) in [5, 5.41) is 5.04. The Balaban J connectivity index is 2.44. The first-order valence-corrected chi connectivity index (χ1v) is 6.49. The van der Waals surface area contributed by atoms with Crippen molar-refractivity contribution in [3.8, 4) is 11.5 Å². The molecule has 0 atom stereocenters. The number of rotatable bonds is 7. The van der Waals surface area contributed by atoms with Crippen molar-refractivity contribution in [2.45, 2.75) is 13.5 Å². The second kappa shape index (κ2) is 8.68. The van der Waals surface area contributed by atoms with Crippen molar-refractivity contribution in [1.82, 2.24) is 10.6 Å². The third-order valence-corrected chi connectivity index (χ3v) is 2.60. The molecule has 1 aromatic carbocycles. The summed E-state index contributed by atoms with van der Waals surface area (Å²) in [6, 6.07) is 4.89. The highest BCUT2D eigenvalue weighted by molar-refractivity contribution is 5.80. The minimum Gasteiger partial charge on any atom is -0.493 e. The summed E-state index contributed by atoms with van der Waals surface area (Å²) in [5.41, 5.74) is 0.846. The molecule has 0 unspecified atom stereocenters. The minimum absolute atomic E-state index is 0.161. The Kier molecular flexibility index (Phi) is 6.86. The van der Waals surface area contributed by atoms with Gasteiger partial charge in [-0.15, -0.1) is 0 Å². The molecule has 0 aliphatic heterocycles. The highest BCUT2D eigenvalue weighted by Gasteiger charge is 2.07. The van der Waals surface area contributed by atoms with Gasteiger partial charge in [0.2, 0.25) is 0 Å². The molecule has 0 saturated carbocycles. The molecule has 0 spiro atoms. The van der Waals surface area contributed by atoms with E-state index in [9.17, 15) is 9.59 Å². The summed E-state index contributed by atoms with van der Waals surface area (Å²) in [6.45, 7) is 2.13. The van der Waals surface area contributed by atoms with Crippen LogP contribution in [0.1, 0.15) is 12.5 Å². The number of ether oxygens (including phenoxy) is 3. The van der Waals surface area contributed by atoms with Gasteiger partial charge in [-0.1, -0.05) is 6.07 Å². The number of benzene rings is 1. The first kappa shape index (κ1) is 16.6. The van der Waals surface area contributed by atoms with Gasteiger partial charge in [0.05, 0.1) is 20.8 Å². The molecule has 7 heteroatoms. The standard InChI is InChI=1S/C14H20N2O5/c1-4-21-13(17)9-16-14(18)15-8-10-5-6-11(19-2)12(7-10)20-3/h5-7H,4,8-9H2,1-3H3,(H2,15,16,18). The molecule has 0 aliphatic rings. The van der Waals surface area contributed by atoms with Crippen LogP contribution >= 0.6 is 0 Å². The Morgan fingerprint density at radius 3 is 2.43 bits per heavy atom. The molecule has 0 aliphatic carbocycles. The van der Waals surface area contributed by atoms with Crippen LogP contribution in [0.5, 0.6) is 11.5 Å². The maximum absolute atomic E-state index is 11.5. The van der Waals surface area contributed by atoms with Gasteiger partial charge in [-0.3, -0.25) is 4.79 Å². The largest absolute Gasteiger partial charge is 0.493 e. The third-order valence-electron chi connectivity index (χ3n) is 2.60. The number of hydrogen-bond donors (Lipinski definition) is 2. The zero-order valence-electron chi connectivity index (χ0n) is 12.4. The quantitative estimate of drug-likeness (QED) is 0.735. The summed E-state index contributed by atoms with van der Waals surface area (Å²) < 4.78 is 15.0. The van der Waals surface area contributed by atoms with E-state index < -0.39 is 12.0 Å². The van der Waals surface area contributed by atoms with Crippen LogP contribution in [-0.4, -0.2) is 39.4 Å². The lowest BCUT2D eigenvalue weighted by atomic mass is 10.2. The van der Waals surface area contributed by atoms with Crippen molar-refractivity contribution in [2.24, 2.45) is 0 Å². The lowest BCUT2D eigenvalue weighted by Gasteiger charge is -2.11. The molecule has 7 nitrogen and oxygen atoms in total. The van der Waals surface area contributed by atoms with E-state index in [1.807, 2.05) is 6.07 Å². The number of urea groups is 1. The second-order valence-electron chi connectivity index (χ2n) is 4.03. The van der Waals surface area contributed by atoms with E-state index in [0.29, 0.717) is 18.0 Å². The molecule has 0 bridgehead atoms. The number of methoxy groups -OCH3 is 2. The van der Waals surface area contributed by atoms with E-state index in [2.05, 4.69) is 10.6 Å². The van der Waals surface area contributed by atoms with Gasteiger partial charge < -0.3 is 24.8 Å². The highest BCUT2D eigenvalue weighted by atomic mass is 16.5. The average Bonchev–Trinajstić information content (AvgIpc) is 2.50. The number of amides is 2. The first-order valence-electron chi connectivity index (χ1n) is 6.49. The van der Waals surface area contributed by atoms with Crippen LogP contribution in [0.25, 0.3) is 0 Å². The molecule has 0 radical (unpaired) electrons. The third kappa shape index (κ3) is 5.60. The van der Waals surface area contributed by atoms with E-state index in [1.54, 1.807) is 33.3 Å². The van der Waals surface area contributed by atoms with Crippen LogP contribution in [0.4, 0.5) is 4.79 Å². The van der Waals surface area contributed by atoms with E-state index in [4.69, 9.17) is 14.2 Å². The summed E-state index contributed by atoms with van der Waals surface area (Å²) in [7, 11) is 3.10. The van der Waals surface area contributed by atoms with Crippen LogP contribution in [0.2, 0.25) is 0 Å². The fourth-order valence-corrected chi connectivity index (χ4v) is 1.60. The van der Waals surface area contributed by atoms with Gasteiger partial charge in [-0.25, -0.2) is 4.79 Å². The fourth-order valence-electron chi connectivity index (χ4n) is 1.60. The normalized spacial score (nSPS) is 9.67. The minimum atomic E-state index is -0.473. The van der Waals surface area contributed by atoms with E-state index >= 15 is 0 Å². The summed E-state index contributed by atoms with van der Waals surface area (Å²) in [4.78, 5) is 22.6. The van der Waals surface area contributed by atoms with Crippen molar-refractivity contribution in [3.05, 3.63) is 23.8 Å². The van der Waals surface area contributed by atoms with Gasteiger partial charge in [0.25, 0.3) is 0 Å². The predicted octanol–water partition coefficient (Wildman–Crippen LogP) is 1.07. The molecule has 21 heavy (non-hydrogen) atoms. The Morgan fingerprint density at radius 2 is 1.81 bits per heavy atom. The molecule has 1 aromatic rings. The molecule has 0 fully saturated rings. The molecule has 0 aromatic heterocycles. The van der Waals surface area contributed by atoms with E-state index in [1.165, 1.54) is 0 Å². The SMILES string of the molecule is CCOC(=O)CNC(=O)NCc1ccc(OC)c(OC)c1. The van der Waals surface area contributed by atoms with Crippen LogP contribution in [-0.2, 0) is 16.1 Å². The van der Waals surface area contributed by atoms with Gasteiger partial charge in [-0.2, -0.15) is 0 Å². The van der Waals surface area contributed by atoms with Crippen LogP contribution < -0.4 is 20.1 Å². The Labute approximate surface area is 123 Å². The van der Waals surface area contributed by atoms with Crippen molar-refractivity contribution in [2.75, 3.05) is 27.4 Å². The van der Waals surface area contributed by atoms with Gasteiger partial charge in [0, 0.05) is 6.54 Å². The van der Waals surface area contributed by atoms with E-state index in [-0.39, 0.29) is 13.2 Å². The molecule has 116 valence electrons. The topological polar surface area (TPSA) is 85.9 Å².